The van der Waals surface area contributed by atoms with Crippen LogP contribution in [-0.2, 0) is 0 Å². The second-order valence-corrected chi connectivity index (χ2v) is 4.07. The van der Waals surface area contributed by atoms with Gasteiger partial charge in [0.2, 0.25) is 0 Å². The van der Waals surface area contributed by atoms with E-state index in [0.717, 1.165) is 18.2 Å². The van der Waals surface area contributed by atoms with Gasteiger partial charge in [-0.1, -0.05) is 0 Å². The van der Waals surface area contributed by atoms with Gasteiger partial charge in [0.05, 0.1) is 0 Å². The molecule has 1 amide bonds. The number of benzene rings is 2. The van der Waals surface area contributed by atoms with Crippen LogP contribution in [0, 0.1) is 24.4 Å². The average Bonchev–Trinajstić information content (AvgIpc) is 2.26. The van der Waals surface area contributed by atoms with Gasteiger partial charge in [0.1, 0.15) is 17.5 Å². The van der Waals surface area contributed by atoms with Crippen LogP contribution in [0.15, 0.2) is 36.4 Å². The maximum absolute atomic E-state index is 13.0. The summed E-state index contributed by atoms with van der Waals surface area (Å²) in [6.45, 7) is 1.57. The SMILES string of the molecule is Cc1cc(F)ccc1C(=O)Nc1cc(F)cc(F)c1. The van der Waals surface area contributed by atoms with E-state index in [-0.39, 0.29) is 11.3 Å². The molecule has 0 saturated carbocycles. The number of carbonyl (C=O) groups is 1. The minimum Gasteiger partial charge on any atom is -0.322 e. The first-order chi connectivity index (χ1) is 8.95. The molecule has 2 aromatic carbocycles. The third kappa shape index (κ3) is 3.13. The lowest BCUT2D eigenvalue weighted by atomic mass is 10.1. The minimum atomic E-state index is -0.786. The number of hydrogen-bond acceptors (Lipinski definition) is 1. The fourth-order valence-electron chi connectivity index (χ4n) is 1.71. The van der Waals surface area contributed by atoms with Gasteiger partial charge in [-0.15, -0.1) is 0 Å². The van der Waals surface area contributed by atoms with Crippen LogP contribution in [0.25, 0.3) is 0 Å². The Morgan fingerprint density at radius 3 is 2.16 bits per heavy atom. The average molecular weight is 265 g/mol. The molecule has 0 atom stereocenters. The maximum Gasteiger partial charge on any atom is 0.255 e. The monoisotopic (exact) mass is 265 g/mol. The number of carbonyl (C=O) groups excluding carboxylic acids is 1. The summed E-state index contributed by atoms with van der Waals surface area (Å²) >= 11 is 0. The van der Waals surface area contributed by atoms with Crippen LogP contribution < -0.4 is 5.32 Å². The summed E-state index contributed by atoms with van der Waals surface area (Å²) in [5.41, 5.74) is 0.687. The molecule has 98 valence electrons. The molecule has 0 aliphatic heterocycles. The number of rotatable bonds is 2. The predicted octanol–water partition coefficient (Wildman–Crippen LogP) is 3.66. The van der Waals surface area contributed by atoms with Gasteiger partial charge in [0, 0.05) is 17.3 Å². The van der Waals surface area contributed by atoms with Crippen LogP contribution in [0.4, 0.5) is 18.9 Å². The van der Waals surface area contributed by atoms with Crippen LogP contribution in [-0.4, -0.2) is 5.91 Å². The van der Waals surface area contributed by atoms with E-state index in [1.165, 1.54) is 12.1 Å². The summed E-state index contributed by atoms with van der Waals surface area (Å²) in [6.07, 6.45) is 0. The molecule has 2 rings (SSSR count). The van der Waals surface area contributed by atoms with Gasteiger partial charge >= 0.3 is 0 Å². The third-order valence-corrected chi connectivity index (χ3v) is 2.55. The van der Waals surface area contributed by atoms with Gasteiger partial charge < -0.3 is 5.32 Å². The minimum absolute atomic E-state index is 0.00576. The first-order valence-electron chi connectivity index (χ1n) is 5.49. The van der Waals surface area contributed by atoms with Crippen molar-refractivity contribution in [2.75, 3.05) is 5.32 Å². The summed E-state index contributed by atoms with van der Waals surface area (Å²) in [7, 11) is 0. The molecule has 0 aliphatic rings. The van der Waals surface area contributed by atoms with Crippen molar-refractivity contribution >= 4 is 11.6 Å². The summed E-state index contributed by atoms with van der Waals surface area (Å²) in [5, 5.41) is 2.36. The molecule has 0 aliphatic carbocycles. The van der Waals surface area contributed by atoms with Crippen LogP contribution in [0.3, 0.4) is 0 Å². The van der Waals surface area contributed by atoms with Gasteiger partial charge in [0.25, 0.3) is 5.91 Å². The predicted molar refractivity (Wildman–Crippen MR) is 65.4 cm³/mol. The summed E-state index contributed by atoms with van der Waals surface area (Å²) in [6, 6.07) is 6.38. The highest BCUT2D eigenvalue weighted by Gasteiger charge is 2.11. The van der Waals surface area contributed by atoms with Gasteiger partial charge in [-0.25, -0.2) is 13.2 Å². The number of nitrogens with one attached hydrogen (secondary N) is 1. The van der Waals surface area contributed by atoms with Gasteiger partial charge in [-0.3, -0.25) is 4.79 Å². The lowest BCUT2D eigenvalue weighted by Crippen LogP contribution is -2.13. The second-order valence-electron chi connectivity index (χ2n) is 4.07. The molecule has 1 N–H and O–H groups in total. The van der Waals surface area contributed by atoms with Crippen LogP contribution in [0.1, 0.15) is 15.9 Å². The van der Waals surface area contributed by atoms with E-state index < -0.39 is 23.4 Å². The van der Waals surface area contributed by atoms with E-state index in [4.69, 9.17) is 0 Å². The van der Waals surface area contributed by atoms with Crippen molar-refractivity contribution in [3.05, 3.63) is 65.0 Å². The van der Waals surface area contributed by atoms with Crippen LogP contribution >= 0.6 is 0 Å². The summed E-state index contributed by atoms with van der Waals surface area (Å²) in [5.74, 6) is -2.58. The van der Waals surface area contributed by atoms with Gasteiger partial charge in [-0.05, 0) is 42.8 Å². The molecule has 0 saturated heterocycles. The molecule has 0 bridgehead atoms. The molecule has 2 nitrogen and oxygen atoms in total. The molecule has 0 heterocycles. The molecule has 0 spiro atoms. The molecule has 0 fully saturated rings. The molecular weight excluding hydrogens is 255 g/mol. The van der Waals surface area contributed by atoms with Gasteiger partial charge in [0.15, 0.2) is 0 Å². The molecule has 0 aromatic heterocycles. The Morgan fingerprint density at radius 2 is 1.58 bits per heavy atom. The fraction of sp³-hybridized carbons (Fsp3) is 0.0714. The van der Waals surface area contributed by atoms with Crippen molar-refractivity contribution in [2.45, 2.75) is 6.92 Å². The zero-order valence-corrected chi connectivity index (χ0v) is 10.0. The topological polar surface area (TPSA) is 29.1 Å². The van der Waals surface area contributed by atoms with Crippen molar-refractivity contribution < 1.29 is 18.0 Å². The zero-order chi connectivity index (χ0) is 14.0. The largest absolute Gasteiger partial charge is 0.322 e. The zero-order valence-electron chi connectivity index (χ0n) is 10.0. The quantitative estimate of drug-likeness (QED) is 0.882. The molecule has 0 radical (unpaired) electrons. The summed E-state index contributed by atoms with van der Waals surface area (Å²) in [4.78, 5) is 11.9. The number of anilines is 1. The fourth-order valence-corrected chi connectivity index (χ4v) is 1.71. The Balaban J connectivity index is 2.25. The molecule has 19 heavy (non-hydrogen) atoms. The molecule has 2 aromatic rings. The molecule has 5 heteroatoms. The third-order valence-electron chi connectivity index (χ3n) is 2.55. The number of halogens is 3. The van der Waals surface area contributed by atoms with E-state index in [0.29, 0.717) is 11.6 Å². The number of aryl methyl sites for hydroxylation is 1. The van der Waals surface area contributed by atoms with Crippen LogP contribution in [0.2, 0.25) is 0 Å². The van der Waals surface area contributed by atoms with Crippen molar-refractivity contribution in [3.8, 4) is 0 Å². The van der Waals surface area contributed by atoms with E-state index in [1.807, 2.05) is 0 Å². The number of hydrogen-bond donors (Lipinski definition) is 1. The van der Waals surface area contributed by atoms with Crippen molar-refractivity contribution in [2.24, 2.45) is 0 Å². The highest BCUT2D eigenvalue weighted by Crippen LogP contribution is 2.16. The lowest BCUT2D eigenvalue weighted by molar-refractivity contribution is 0.102. The standard InChI is InChI=1S/C14H10F3NO/c1-8-4-9(15)2-3-13(8)14(19)18-12-6-10(16)5-11(17)7-12/h2-7H,1H3,(H,18,19). The normalized spacial score (nSPS) is 10.3. The smallest absolute Gasteiger partial charge is 0.255 e. The highest BCUT2D eigenvalue weighted by molar-refractivity contribution is 6.05. The Hall–Kier alpha value is -2.30. The lowest BCUT2D eigenvalue weighted by Gasteiger charge is -2.08. The van der Waals surface area contributed by atoms with Crippen molar-refractivity contribution in [1.29, 1.82) is 0 Å². The highest BCUT2D eigenvalue weighted by atomic mass is 19.1. The Bertz CT molecular complexity index is 620. The first-order valence-corrected chi connectivity index (χ1v) is 5.49. The van der Waals surface area contributed by atoms with Crippen LogP contribution in [0.5, 0.6) is 0 Å². The van der Waals surface area contributed by atoms with Gasteiger partial charge in [-0.2, -0.15) is 0 Å². The maximum atomic E-state index is 13.0. The molecular formula is C14H10F3NO. The Morgan fingerprint density at radius 1 is 0.947 bits per heavy atom. The Labute approximate surface area is 107 Å². The van der Waals surface area contributed by atoms with E-state index in [1.54, 1.807) is 6.92 Å². The first kappa shape index (κ1) is 13.1. The second kappa shape index (κ2) is 5.14. The summed E-state index contributed by atoms with van der Waals surface area (Å²) < 4.78 is 38.9. The van der Waals surface area contributed by atoms with E-state index >= 15 is 0 Å². The Kier molecular flexibility index (Phi) is 3.55. The van der Waals surface area contributed by atoms with Crippen molar-refractivity contribution in [3.63, 3.8) is 0 Å². The van der Waals surface area contributed by atoms with E-state index in [2.05, 4.69) is 5.32 Å². The van der Waals surface area contributed by atoms with E-state index in [9.17, 15) is 18.0 Å². The number of amides is 1. The van der Waals surface area contributed by atoms with Crippen molar-refractivity contribution in [1.82, 2.24) is 0 Å². The molecule has 0 unspecified atom stereocenters.